The zero-order chi connectivity index (χ0) is 22.5. The zero-order valence-corrected chi connectivity index (χ0v) is 16.0. The summed E-state index contributed by atoms with van der Waals surface area (Å²) in [4.78, 5) is 2.08. The van der Waals surface area contributed by atoms with Crippen LogP contribution in [0.15, 0.2) is 30.3 Å². The van der Waals surface area contributed by atoms with Gasteiger partial charge in [-0.15, -0.1) is 0 Å². The van der Waals surface area contributed by atoms with E-state index in [1.54, 1.807) is 0 Å². The number of rotatable bonds is 3. The molecule has 1 aromatic carbocycles. The Hall–Kier alpha value is -2.60. The SMILES string of the molecule is CC#CCCN(C)[C](=[Cr])C#Cc1ccccc1.[C-]#[O+].[C-]#[O+].[C-]#[O+].[C-]#[O+].[C-]#[O+]. The van der Waals surface area contributed by atoms with E-state index in [0.717, 1.165) is 23.0 Å². The van der Waals surface area contributed by atoms with E-state index in [2.05, 4.69) is 77.7 Å². The molecule has 1 rings (SSSR count). The van der Waals surface area contributed by atoms with Crippen molar-refractivity contribution in [2.24, 2.45) is 0 Å². The van der Waals surface area contributed by atoms with Crippen LogP contribution in [-0.4, -0.2) is 23.0 Å². The van der Waals surface area contributed by atoms with E-state index in [4.69, 9.17) is 23.3 Å². The zero-order valence-electron chi connectivity index (χ0n) is 14.7. The Morgan fingerprint density at radius 3 is 1.78 bits per heavy atom. The molecule has 7 heteroatoms. The van der Waals surface area contributed by atoms with Gasteiger partial charge in [-0.3, -0.25) is 0 Å². The van der Waals surface area contributed by atoms with Crippen molar-refractivity contribution in [3.63, 3.8) is 0 Å². The van der Waals surface area contributed by atoms with Crippen molar-refractivity contribution >= 4 is 4.50 Å². The van der Waals surface area contributed by atoms with E-state index in [0.29, 0.717) is 0 Å². The van der Waals surface area contributed by atoms with Crippen molar-refractivity contribution in [2.45, 2.75) is 13.3 Å². The van der Waals surface area contributed by atoms with Gasteiger partial charge in [0.1, 0.15) is 0 Å². The van der Waals surface area contributed by atoms with Gasteiger partial charge in [0.25, 0.3) is 0 Å². The van der Waals surface area contributed by atoms with Crippen LogP contribution in [0, 0.1) is 56.9 Å². The molecule has 0 N–H and O–H groups in total. The number of nitrogens with zero attached hydrogens (tertiary/aromatic N) is 1. The maximum atomic E-state index is 7.50. The third-order valence-corrected chi connectivity index (χ3v) is 2.83. The maximum absolute atomic E-state index is 7.50. The van der Waals surface area contributed by atoms with E-state index in [1.165, 1.54) is 0 Å². The van der Waals surface area contributed by atoms with E-state index in [-0.39, 0.29) is 0 Å². The van der Waals surface area contributed by atoms with Crippen molar-refractivity contribution in [2.75, 3.05) is 13.6 Å². The third kappa shape index (κ3) is 28.5. The summed E-state index contributed by atoms with van der Waals surface area (Å²) in [7, 11) is 2.02. The average molecular weight is 401 g/mol. The van der Waals surface area contributed by atoms with Gasteiger partial charge in [0.2, 0.25) is 0 Å². The summed E-state index contributed by atoms with van der Waals surface area (Å²) < 4.78 is 38.5. The molecule has 27 heavy (non-hydrogen) atoms. The Bertz CT molecular complexity index is 660. The number of hydrogen-bond donors (Lipinski definition) is 0. The molecule has 0 atom stereocenters. The molecule has 0 aromatic heterocycles. The fourth-order valence-corrected chi connectivity index (χ4v) is 1.41. The van der Waals surface area contributed by atoms with Crippen molar-refractivity contribution in [1.29, 1.82) is 0 Å². The van der Waals surface area contributed by atoms with Crippen LogP contribution in [0.25, 0.3) is 0 Å². The Morgan fingerprint density at radius 1 is 0.926 bits per heavy atom. The van der Waals surface area contributed by atoms with Crippen LogP contribution in [0.3, 0.4) is 0 Å². The second-order valence-electron chi connectivity index (χ2n) is 3.52. The number of hydrogen-bond acceptors (Lipinski definition) is 1. The minimum atomic E-state index is 0.866. The Labute approximate surface area is 168 Å². The molecular formula is C20H15CrNO5. The summed E-state index contributed by atoms with van der Waals surface area (Å²) in [5.74, 6) is 12.2. The second kappa shape index (κ2) is 38.8. The van der Waals surface area contributed by atoms with Gasteiger partial charge < -0.3 is 0 Å². The average Bonchev–Trinajstić information content (AvgIpc) is 2.79. The van der Waals surface area contributed by atoms with Crippen molar-refractivity contribution in [1.82, 2.24) is 4.90 Å². The Morgan fingerprint density at radius 2 is 1.37 bits per heavy atom. The monoisotopic (exact) mass is 401 g/mol. The Balaban J connectivity index is -0.000000139. The van der Waals surface area contributed by atoms with E-state index in [9.17, 15) is 0 Å². The third-order valence-electron chi connectivity index (χ3n) is 2.18. The molecule has 1 aromatic rings. The standard InChI is InChI=1S/C15H15N.5CO.Cr/c1-3-4-8-13-16(2)14-9-12-15-10-6-5-7-11-15;5*1-2;/h5-7,10-11H,8,13H2,1-2H3;;;;;;. The first kappa shape index (κ1) is 35.5. The van der Waals surface area contributed by atoms with Crippen molar-refractivity contribution < 1.29 is 39.1 Å². The summed E-state index contributed by atoms with van der Waals surface area (Å²) in [6.07, 6.45) is 0.866. The molecule has 0 fully saturated rings. The normalized spacial score (nSPS) is 5.96. The van der Waals surface area contributed by atoms with E-state index < -0.39 is 0 Å². The predicted octanol–water partition coefficient (Wildman–Crippen LogP) is 1.87. The molecule has 0 bridgehead atoms. The molecule has 0 heterocycles. The van der Waals surface area contributed by atoms with Crippen LogP contribution in [0.2, 0.25) is 0 Å². The van der Waals surface area contributed by atoms with Crippen LogP contribution in [-0.2, 0) is 39.1 Å². The first-order valence-electron chi connectivity index (χ1n) is 6.48. The first-order valence-corrected chi connectivity index (χ1v) is 7.11. The molecule has 0 unspecified atom stereocenters. The van der Waals surface area contributed by atoms with Gasteiger partial charge in [0.05, 0.1) is 0 Å². The van der Waals surface area contributed by atoms with Crippen LogP contribution < -0.4 is 0 Å². The van der Waals surface area contributed by atoms with Crippen molar-refractivity contribution in [3.05, 3.63) is 69.1 Å². The fraction of sp³-hybridized carbons (Fsp3) is 0.200. The molecule has 0 saturated carbocycles. The summed E-state index contributed by atoms with van der Waals surface area (Å²) >= 11 is 2.99. The molecule has 136 valence electrons. The summed E-state index contributed by atoms with van der Waals surface area (Å²) in [6, 6.07) is 9.97. The summed E-state index contributed by atoms with van der Waals surface area (Å²) in [5.41, 5.74) is 1.03. The van der Waals surface area contributed by atoms with E-state index in [1.807, 2.05) is 44.3 Å². The fourth-order valence-electron chi connectivity index (χ4n) is 1.19. The van der Waals surface area contributed by atoms with Gasteiger partial charge in [-0.1, -0.05) is 0 Å². The van der Waals surface area contributed by atoms with E-state index >= 15 is 0 Å². The molecule has 0 saturated heterocycles. The second-order valence-corrected chi connectivity index (χ2v) is 4.12. The number of benzene rings is 1. The quantitative estimate of drug-likeness (QED) is 0.431. The molecule has 0 amide bonds. The molecule has 0 radical (unpaired) electrons. The summed E-state index contributed by atoms with van der Waals surface area (Å²) in [5, 5.41) is 0. The molecular weight excluding hydrogens is 386 g/mol. The summed E-state index contributed by atoms with van der Waals surface area (Å²) in [6.45, 7) is 25.3. The molecule has 0 aliphatic heterocycles. The molecule has 6 nitrogen and oxygen atoms in total. The van der Waals surface area contributed by atoms with Crippen LogP contribution in [0.4, 0.5) is 0 Å². The van der Waals surface area contributed by atoms with Gasteiger partial charge in [-0.25, -0.2) is 0 Å². The van der Waals surface area contributed by atoms with Crippen molar-refractivity contribution in [3.8, 4) is 23.7 Å². The van der Waals surface area contributed by atoms with Crippen LogP contribution in [0.5, 0.6) is 0 Å². The Kier molecular flexibility index (Phi) is 51.0. The van der Waals surface area contributed by atoms with Gasteiger partial charge >= 0.3 is 168 Å². The predicted molar refractivity (Wildman–Crippen MR) is 88.7 cm³/mol. The van der Waals surface area contributed by atoms with Gasteiger partial charge in [0.15, 0.2) is 0 Å². The minimum absolute atomic E-state index is 0.866. The van der Waals surface area contributed by atoms with Gasteiger partial charge in [-0.2, -0.15) is 0 Å². The topological polar surface area (TPSA) is 103 Å². The van der Waals surface area contributed by atoms with Gasteiger partial charge in [0, 0.05) is 0 Å². The van der Waals surface area contributed by atoms with Gasteiger partial charge in [-0.05, 0) is 0 Å². The van der Waals surface area contributed by atoms with Crippen LogP contribution >= 0.6 is 0 Å². The molecule has 0 aliphatic carbocycles. The molecule has 0 spiro atoms. The molecule has 0 aliphatic rings. The van der Waals surface area contributed by atoms with Crippen LogP contribution in [0.1, 0.15) is 18.9 Å². The first-order chi connectivity index (χ1) is 13.2.